The number of hydrogen-bond acceptors (Lipinski definition) is 4. The highest BCUT2D eigenvalue weighted by molar-refractivity contribution is 5.96. The van der Waals surface area contributed by atoms with Crippen molar-refractivity contribution in [1.29, 1.82) is 0 Å². The second-order valence-electron chi connectivity index (χ2n) is 6.04. The van der Waals surface area contributed by atoms with Gasteiger partial charge in [-0.15, -0.1) is 0 Å². The van der Waals surface area contributed by atoms with Gasteiger partial charge < -0.3 is 9.30 Å². The fourth-order valence-corrected chi connectivity index (χ4v) is 2.55. The topological polar surface area (TPSA) is 89.4 Å². The van der Waals surface area contributed by atoms with E-state index in [9.17, 15) is 14.4 Å². The zero-order chi connectivity index (χ0) is 19.9. The molecule has 0 aliphatic carbocycles. The molecule has 28 heavy (non-hydrogen) atoms. The molecule has 1 heterocycles. The van der Waals surface area contributed by atoms with E-state index in [1.165, 1.54) is 0 Å². The molecule has 0 aliphatic heterocycles. The van der Waals surface area contributed by atoms with Crippen molar-refractivity contribution in [3.63, 3.8) is 0 Å². The van der Waals surface area contributed by atoms with Gasteiger partial charge >= 0.3 is 5.97 Å². The van der Waals surface area contributed by atoms with Gasteiger partial charge in [-0.05, 0) is 48.9 Å². The molecule has 3 aromatic rings. The number of nitrogens with zero attached hydrogens (tertiary/aromatic N) is 1. The van der Waals surface area contributed by atoms with E-state index in [2.05, 4.69) is 10.9 Å². The summed E-state index contributed by atoms with van der Waals surface area (Å²) >= 11 is 0. The second kappa shape index (κ2) is 8.68. The first-order valence-electron chi connectivity index (χ1n) is 8.60. The minimum Gasteiger partial charge on any atom is -0.452 e. The lowest BCUT2D eigenvalue weighted by Crippen LogP contribution is -2.43. The van der Waals surface area contributed by atoms with Gasteiger partial charge in [-0.1, -0.05) is 24.3 Å². The summed E-state index contributed by atoms with van der Waals surface area (Å²) in [4.78, 5) is 35.9. The summed E-state index contributed by atoms with van der Waals surface area (Å²) in [5.41, 5.74) is 7.04. The molecule has 7 nitrogen and oxygen atoms in total. The van der Waals surface area contributed by atoms with Crippen molar-refractivity contribution in [3.8, 4) is 5.69 Å². The summed E-state index contributed by atoms with van der Waals surface area (Å²) in [6, 6.07) is 17.4. The number of amides is 2. The molecule has 0 fully saturated rings. The van der Waals surface area contributed by atoms with Crippen molar-refractivity contribution >= 4 is 17.8 Å². The van der Waals surface area contributed by atoms with Crippen molar-refractivity contribution in [2.45, 2.75) is 6.92 Å². The number of rotatable bonds is 5. The summed E-state index contributed by atoms with van der Waals surface area (Å²) in [6.07, 6.45) is 3.75. The van der Waals surface area contributed by atoms with Crippen molar-refractivity contribution in [3.05, 3.63) is 89.7 Å². The molecule has 2 amide bonds. The molecular weight excluding hydrogens is 358 g/mol. The van der Waals surface area contributed by atoms with Gasteiger partial charge in [0.05, 0.1) is 5.56 Å². The molecule has 0 saturated carbocycles. The standard InChI is InChI=1S/C21H19N3O4/c1-15-9-10-17(13-18(15)24-11-5-6-12-24)21(27)28-14-19(25)22-23-20(26)16-7-3-2-4-8-16/h2-13H,14H2,1H3,(H,22,25)(H,23,26). The third-order valence-corrected chi connectivity index (χ3v) is 4.01. The molecule has 1 aromatic heterocycles. The van der Waals surface area contributed by atoms with Crippen LogP contribution in [0.5, 0.6) is 0 Å². The number of aromatic nitrogens is 1. The lowest BCUT2D eigenvalue weighted by molar-refractivity contribution is -0.125. The molecule has 0 unspecified atom stereocenters. The number of carbonyl (C=O) groups excluding carboxylic acids is 3. The molecule has 142 valence electrons. The number of esters is 1. The Hall–Kier alpha value is -3.87. The summed E-state index contributed by atoms with van der Waals surface area (Å²) in [5, 5.41) is 0. The molecule has 2 aromatic carbocycles. The van der Waals surface area contributed by atoms with Gasteiger partial charge in [-0.25, -0.2) is 4.79 Å². The largest absolute Gasteiger partial charge is 0.452 e. The van der Waals surface area contributed by atoms with Gasteiger partial charge in [0.1, 0.15) is 0 Å². The molecule has 0 spiro atoms. The Morgan fingerprint density at radius 2 is 1.61 bits per heavy atom. The van der Waals surface area contributed by atoms with Crippen LogP contribution in [-0.2, 0) is 9.53 Å². The first-order valence-corrected chi connectivity index (χ1v) is 8.60. The van der Waals surface area contributed by atoms with Crippen LogP contribution in [0.15, 0.2) is 73.1 Å². The van der Waals surface area contributed by atoms with Crippen LogP contribution in [0.4, 0.5) is 0 Å². The van der Waals surface area contributed by atoms with Gasteiger partial charge in [0.2, 0.25) is 0 Å². The lowest BCUT2D eigenvalue weighted by Gasteiger charge is -2.11. The smallest absolute Gasteiger partial charge is 0.338 e. The molecule has 7 heteroatoms. The van der Waals surface area contributed by atoms with Crippen molar-refractivity contribution in [2.24, 2.45) is 0 Å². The number of ether oxygens (including phenoxy) is 1. The summed E-state index contributed by atoms with van der Waals surface area (Å²) in [7, 11) is 0. The number of hydrogen-bond donors (Lipinski definition) is 2. The first-order chi connectivity index (χ1) is 13.5. The van der Waals surface area contributed by atoms with Gasteiger partial charge in [0, 0.05) is 23.6 Å². The van der Waals surface area contributed by atoms with E-state index in [0.29, 0.717) is 11.1 Å². The molecular formula is C21H19N3O4. The maximum absolute atomic E-state index is 12.2. The van der Waals surface area contributed by atoms with Crippen LogP contribution < -0.4 is 10.9 Å². The van der Waals surface area contributed by atoms with Gasteiger partial charge in [-0.2, -0.15) is 0 Å². The number of benzene rings is 2. The predicted molar refractivity (Wildman–Crippen MR) is 103 cm³/mol. The second-order valence-corrected chi connectivity index (χ2v) is 6.04. The van der Waals surface area contributed by atoms with Crippen molar-refractivity contribution < 1.29 is 19.1 Å². The van der Waals surface area contributed by atoms with Crippen molar-refractivity contribution in [1.82, 2.24) is 15.4 Å². The van der Waals surface area contributed by atoms with Gasteiger partial charge in [-0.3, -0.25) is 20.4 Å². The predicted octanol–water partition coefficient (Wildman–Crippen LogP) is 2.40. The van der Waals surface area contributed by atoms with Crippen LogP contribution >= 0.6 is 0 Å². The normalized spacial score (nSPS) is 10.2. The number of aryl methyl sites for hydroxylation is 1. The molecule has 0 bridgehead atoms. The van der Waals surface area contributed by atoms with Crippen molar-refractivity contribution in [2.75, 3.05) is 6.61 Å². The molecule has 0 radical (unpaired) electrons. The minimum absolute atomic E-state index is 0.329. The first kappa shape index (κ1) is 18.9. The minimum atomic E-state index is -0.643. The third-order valence-electron chi connectivity index (χ3n) is 4.01. The maximum atomic E-state index is 12.2. The molecule has 2 N–H and O–H groups in total. The Kier molecular flexibility index (Phi) is 5.86. The average Bonchev–Trinajstić information content (AvgIpc) is 3.25. The Balaban J connectivity index is 1.53. The summed E-state index contributed by atoms with van der Waals surface area (Å²) < 4.78 is 6.92. The average molecular weight is 377 g/mol. The van der Waals surface area contributed by atoms with E-state index in [1.807, 2.05) is 42.1 Å². The van der Waals surface area contributed by atoms with E-state index in [-0.39, 0.29) is 0 Å². The quantitative estimate of drug-likeness (QED) is 0.528. The van der Waals surface area contributed by atoms with E-state index < -0.39 is 24.4 Å². The highest BCUT2D eigenvalue weighted by Crippen LogP contribution is 2.17. The van der Waals surface area contributed by atoms with Crippen LogP contribution in [0.1, 0.15) is 26.3 Å². The Morgan fingerprint density at radius 3 is 2.32 bits per heavy atom. The summed E-state index contributed by atoms with van der Waals surface area (Å²) in [6.45, 7) is 1.42. The fourth-order valence-electron chi connectivity index (χ4n) is 2.55. The SMILES string of the molecule is Cc1ccc(C(=O)OCC(=O)NNC(=O)c2ccccc2)cc1-n1cccc1. The highest BCUT2D eigenvalue weighted by atomic mass is 16.5. The monoisotopic (exact) mass is 377 g/mol. The zero-order valence-electron chi connectivity index (χ0n) is 15.2. The highest BCUT2D eigenvalue weighted by Gasteiger charge is 2.13. The molecule has 3 rings (SSSR count). The Morgan fingerprint density at radius 1 is 0.893 bits per heavy atom. The maximum Gasteiger partial charge on any atom is 0.338 e. The fraction of sp³-hybridized carbons (Fsp3) is 0.0952. The van der Waals surface area contributed by atoms with Crippen LogP contribution in [0, 0.1) is 6.92 Å². The molecule has 0 atom stereocenters. The third kappa shape index (κ3) is 4.64. The van der Waals surface area contributed by atoms with E-state index in [4.69, 9.17) is 4.74 Å². The van der Waals surface area contributed by atoms with Crippen LogP contribution in [0.2, 0.25) is 0 Å². The van der Waals surface area contributed by atoms with Crippen LogP contribution in [-0.4, -0.2) is 29.0 Å². The Labute approximate surface area is 161 Å². The van der Waals surface area contributed by atoms with Gasteiger partial charge in [0.15, 0.2) is 6.61 Å². The van der Waals surface area contributed by atoms with E-state index in [1.54, 1.807) is 42.5 Å². The van der Waals surface area contributed by atoms with Crippen LogP contribution in [0.25, 0.3) is 5.69 Å². The number of carbonyl (C=O) groups is 3. The molecule has 0 saturated heterocycles. The van der Waals surface area contributed by atoms with Crippen LogP contribution in [0.3, 0.4) is 0 Å². The lowest BCUT2D eigenvalue weighted by atomic mass is 10.1. The van der Waals surface area contributed by atoms with Gasteiger partial charge in [0.25, 0.3) is 11.8 Å². The number of hydrazine groups is 1. The number of nitrogens with one attached hydrogen (secondary N) is 2. The Bertz CT molecular complexity index is 982. The summed E-state index contributed by atoms with van der Waals surface area (Å²) in [5.74, 6) is -1.73. The molecule has 0 aliphatic rings. The van der Waals surface area contributed by atoms with E-state index >= 15 is 0 Å². The zero-order valence-corrected chi connectivity index (χ0v) is 15.2. The van der Waals surface area contributed by atoms with E-state index in [0.717, 1.165) is 11.3 Å².